The fraction of sp³-hybridized carbons (Fsp3) is 0.0556. The maximum absolute atomic E-state index is 14.7. The zero-order valence-corrected chi connectivity index (χ0v) is 14.9. The summed E-state index contributed by atoms with van der Waals surface area (Å²) in [5, 5.41) is 7.18. The van der Waals surface area contributed by atoms with E-state index in [9.17, 15) is 26.4 Å². The van der Waals surface area contributed by atoms with Gasteiger partial charge < -0.3 is 0 Å². The molecule has 0 bridgehead atoms. The first-order valence-corrected chi connectivity index (χ1v) is 9.32. The zero-order chi connectivity index (χ0) is 20.3. The van der Waals surface area contributed by atoms with Gasteiger partial charge in [-0.15, -0.1) is 0 Å². The molecule has 0 radical (unpaired) electrons. The van der Waals surface area contributed by atoms with Crippen LogP contribution in [0.1, 0.15) is 15.9 Å². The lowest BCUT2D eigenvalue weighted by molar-refractivity contribution is 0.0989. The van der Waals surface area contributed by atoms with Gasteiger partial charge in [-0.2, -0.15) is 10.2 Å². The molecule has 0 aliphatic heterocycles. The number of carbonyl (C=O) groups is 1. The predicted octanol–water partition coefficient (Wildman–Crippen LogP) is 3.12. The monoisotopic (exact) mass is 407 g/mol. The number of aromatic nitrogens is 2. The molecule has 0 saturated heterocycles. The number of anilines is 1. The number of rotatable bonds is 6. The Balaban J connectivity index is 1.92. The van der Waals surface area contributed by atoms with Crippen LogP contribution in [0.25, 0.3) is 0 Å². The maximum Gasteiger partial charge on any atom is 0.267 e. The number of hydrogen-bond acceptors (Lipinski definition) is 5. The Morgan fingerprint density at radius 1 is 0.964 bits per heavy atom. The van der Waals surface area contributed by atoms with Crippen molar-refractivity contribution in [3.05, 3.63) is 83.4 Å². The van der Waals surface area contributed by atoms with Crippen LogP contribution in [0.3, 0.4) is 0 Å². The van der Waals surface area contributed by atoms with E-state index < -0.39 is 43.8 Å². The number of nitrogens with one attached hydrogen (secondary N) is 1. The topological polar surface area (TPSA) is 89.0 Å². The molecule has 6 nitrogen and oxygen atoms in total. The molecule has 0 spiro atoms. The third kappa shape index (κ3) is 4.01. The molecule has 3 aromatic rings. The van der Waals surface area contributed by atoms with E-state index in [1.807, 2.05) is 0 Å². The average molecular weight is 407 g/mol. The molecule has 0 unspecified atom stereocenters. The highest BCUT2D eigenvalue weighted by molar-refractivity contribution is 7.92. The van der Waals surface area contributed by atoms with Crippen molar-refractivity contribution in [2.75, 3.05) is 4.72 Å². The van der Waals surface area contributed by atoms with Crippen molar-refractivity contribution in [3.8, 4) is 0 Å². The molecule has 3 rings (SSSR count). The Bertz CT molecular complexity index is 1120. The minimum absolute atomic E-state index is 0.190. The standard InChI is InChI=1S/C18H12F3N3O3S/c19-13-4-2-5-14(20)18(13)28(26,27)24-15-6-1-3-12(17(15)21)16(25)9-11-7-8-22-23-10-11/h1-8,10,24H,9H2. The molecule has 0 amide bonds. The van der Waals surface area contributed by atoms with Gasteiger partial charge in [-0.25, -0.2) is 21.6 Å². The number of hydrogen-bond donors (Lipinski definition) is 1. The largest absolute Gasteiger partial charge is 0.294 e. The molecule has 0 aliphatic rings. The molecule has 144 valence electrons. The molecule has 2 aromatic carbocycles. The van der Waals surface area contributed by atoms with Gasteiger partial charge in [0.15, 0.2) is 16.5 Å². The summed E-state index contributed by atoms with van der Waals surface area (Å²) in [5.74, 6) is -4.45. The minimum atomic E-state index is -4.77. The fourth-order valence-electron chi connectivity index (χ4n) is 2.46. The molecule has 1 N–H and O–H groups in total. The normalized spacial score (nSPS) is 11.2. The number of ketones is 1. The molecule has 1 heterocycles. The second-order valence-corrected chi connectivity index (χ2v) is 7.29. The lowest BCUT2D eigenvalue weighted by Crippen LogP contribution is -2.18. The van der Waals surface area contributed by atoms with Gasteiger partial charge in [0.2, 0.25) is 0 Å². The first-order chi connectivity index (χ1) is 13.3. The van der Waals surface area contributed by atoms with Crippen molar-refractivity contribution in [2.45, 2.75) is 11.3 Å². The maximum atomic E-state index is 14.7. The summed E-state index contributed by atoms with van der Waals surface area (Å²) in [6.45, 7) is 0. The Labute approximate surface area is 158 Å². The van der Waals surface area contributed by atoms with Crippen molar-refractivity contribution < 1.29 is 26.4 Å². The van der Waals surface area contributed by atoms with Crippen LogP contribution >= 0.6 is 0 Å². The van der Waals surface area contributed by atoms with E-state index in [1.54, 1.807) is 4.72 Å². The van der Waals surface area contributed by atoms with Crippen molar-refractivity contribution in [1.82, 2.24) is 10.2 Å². The smallest absolute Gasteiger partial charge is 0.267 e. The summed E-state index contributed by atoms with van der Waals surface area (Å²) < 4.78 is 68.7. The lowest BCUT2D eigenvalue weighted by atomic mass is 10.0. The van der Waals surface area contributed by atoms with Crippen molar-refractivity contribution >= 4 is 21.5 Å². The highest BCUT2D eigenvalue weighted by Gasteiger charge is 2.26. The third-order valence-corrected chi connectivity index (χ3v) is 5.16. The highest BCUT2D eigenvalue weighted by Crippen LogP contribution is 2.25. The number of carbonyl (C=O) groups excluding carboxylic acids is 1. The summed E-state index contributed by atoms with van der Waals surface area (Å²) in [6, 6.07) is 7.50. The molecular weight excluding hydrogens is 395 g/mol. The van der Waals surface area contributed by atoms with Crippen molar-refractivity contribution in [2.24, 2.45) is 0 Å². The Morgan fingerprint density at radius 2 is 1.64 bits per heavy atom. The third-order valence-electron chi connectivity index (χ3n) is 3.74. The second-order valence-electron chi connectivity index (χ2n) is 5.67. The number of sulfonamides is 1. The van der Waals surface area contributed by atoms with Gasteiger partial charge in [0.25, 0.3) is 10.0 Å². The van der Waals surface area contributed by atoms with Crippen LogP contribution in [0.2, 0.25) is 0 Å². The van der Waals surface area contributed by atoms with E-state index in [-0.39, 0.29) is 12.0 Å². The van der Waals surface area contributed by atoms with Crippen LogP contribution in [0.15, 0.2) is 59.8 Å². The molecule has 0 atom stereocenters. The van der Waals surface area contributed by atoms with E-state index >= 15 is 0 Å². The van der Waals surface area contributed by atoms with Gasteiger partial charge >= 0.3 is 0 Å². The predicted molar refractivity (Wildman–Crippen MR) is 93.6 cm³/mol. The van der Waals surface area contributed by atoms with Crippen LogP contribution in [0.5, 0.6) is 0 Å². The number of Topliss-reactive ketones (excluding diaryl/α,β-unsaturated/α-hetero) is 1. The fourth-order valence-corrected chi connectivity index (χ4v) is 3.66. The zero-order valence-electron chi connectivity index (χ0n) is 14.1. The Kier molecular flexibility index (Phi) is 5.41. The van der Waals surface area contributed by atoms with Crippen molar-refractivity contribution in [3.63, 3.8) is 0 Å². The first kappa shape index (κ1) is 19.5. The van der Waals surface area contributed by atoms with E-state index in [0.717, 1.165) is 24.3 Å². The lowest BCUT2D eigenvalue weighted by Gasteiger charge is -2.12. The molecule has 28 heavy (non-hydrogen) atoms. The molecule has 1 aromatic heterocycles. The quantitative estimate of drug-likeness (QED) is 0.635. The number of nitrogens with zero attached hydrogens (tertiary/aromatic N) is 2. The first-order valence-electron chi connectivity index (χ1n) is 7.83. The Morgan fingerprint density at radius 3 is 2.29 bits per heavy atom. The molecule has 0 saturated carbocycles. The summed E-state index contributed by atoms with van der Waals surface area (Å²) in [6.07, 6.45) is 2.51. The van der Waals surface area contributed by atoms with Crippen LogP contribution in [-0.2, 0) is 16.4 Å². The van der Waals surface area contributed by atoms with Crippen LogP contribution in [-0.4, -0.2) is 24.4 Å². The number of benzene rings is 2. The van der Waals surface area contributed by atoms with Gasteiger partial charge in [-0.05, 0) is 35.9 Å². The van der Waals surface area contributed by atoms with Crippen LogP contribution in [0.4, 0.5) is 18.9 Å². The van der Waals surface area contributed by atoms with Crippen LogP contribution < -0.4 is 4.72 Å². The highest BCUT2D eigenvalue weighted by atomic mass is 32.2. The van der Waals surface area contributed by atoms with Crippen LogP contribution in [0, 0.1) is 17.5 Å². The van der Waals surface area contributed by atoms with E-state index in [1.165, 1.54) is 30.6 Å². The summed E-state index contributed by atoms with van der Waals surface area (Å²) >= 11 is 0. The summed E-state index contributed by atoms with van der Waals surface area (Å²) in [5.41, 5.74) is -0.508. The van der Waals surface area contributed by atoms with E-state index in [4.69, 9.17) is 0 Å². The Hall–Kier alpha value is -3.27. The number of halogens is 3. The van der Waals surface area contributed by atoms with Gasteiger partial charge in [-0.1, -0.05) is 12.1 Å². The molecule has 0 aliphatic carbocycles. The SMILES string of the molecule is O=C(Cc1ccnnc1)c1cccc(NS(=O)(=O)c2c(F)cccc2F)c1F. The van der Waals surface area contributed by atoms with Gasteiger partial charge in [-0.3, -0.25) is 9.52 Å². The minimum Gasteiger partial charge on any atom is -0.294 e. The summed E-state index contributed by atoms with van der Waals surface area (Å²) in [7, 11) is -4.77. The van der Waals surface area contributed by atoms with Crippen molar-refractivity contribution in [1.29, 1.82) is 0 Å². The van der Waals surface area contributed by atoms with E-state index in [0.29, 0.717) is 5.56 Å². The van der Waals surface area contributed by atoms with Gasteiger partial charge in [0.1, 0.15) is 11.6 Å². The van der Waals surface area contributed by atoms with E-state index in [2.05, 4.69) is 10.2 Å². The van der Waals surface area contributed by atoms with Gasteiger partial charge in [0.05, 0.1) is 17.4 Å². The molecule has 0 fully saturated rings. The second kappa shape index (κ2) is 7.77. The molecule has 10 heteroatoms. The van der Waals surface area contributed by atoms with Gasteiger partial charge in [0, 0.05) is 12.6 Å². The molecular formula is C18H12F3N3O3S. The summed E-state index contributed by atoms with van der Waals surface area (Å²) in [4.78, 5) is 11.1. The average Bonchev–Trinajstić information content (AvgIpc) is 2.63.